The third-order valence-corrected chi connectivity index (χ3v) is 16.2. The van der Waals surface area contributed by atoms with Crippen molar-refractivity contribution >= 4 is 32.5 Å². The minimum atomic E-state index is -2.01. The Hall–Kier alpha value is -3.28. The average molecular weight is 948 g/mol. The molecule has 1 aliphatic carbocycles. The van der Waals surface area contributed by atoms with Gasteiger partial charge in [-0.15, -0.1) is 0 Å². The van der Waals surface area contributed by atoms with Crippen LogP contribution in [0.5, 0.6) is 0 Å². The van der Waals surface area contributed by atoms with E-state index in [9.17, 15) is 39.6 Å². The fourth-order valence-electron chi connectivity index (χ4n) is 7.75. The van der Waals surface area contributed by atoms with Gasteiger partial charge < -0.3 is 79.4 Å². The molecule has 4 amide bonds. The second kappa shape index (κ2) is 21.8. The topological polar surface area (TPSA) is 265 Å². The monoisotopic (exact) mass is 948 g/mol. The maximum absolute atomic E-state index is 13.6. The average Bonchev–Trinajstić information content (AvgIpc) is 3.11. The molecular weight excluding hydrogens is 867 g/mol. The summed E-state index contributed by atoms with van der Waals surface area (Å²) in [5.41, 5.74) is -4.51. The van der Waals surface area contributed by atoms with Crippen molar-refractivity contribution in [2.24, 2.45) is 5.92 Å². The molecule has 0 bridgehead atoms. The van der Waals surface area contributed by atoms with E-state index in [2.05, 4.69) is 55.1 Å². The summed E-state index contributed by atoms with van der Waals surface area (Å²) in [4.78, 5) is 54.1. The maximum Gasteiger partial charge on any atom is 0.410 e. The number of alkyl carbamates (subject to hydrolysis) is 2. The zero-order chi connectivity index (χ0) is 49.7. The summed E-state index contributed by atoms with van der Waals surface area (Å²) in [7, 11) is -0.665. The van der Waals surface area contributed by atoms with E-state index in [-0.39, 0.29) is 24.4 Å². The van der Waals surface area contributed by atoms with E-state index in [1.165, 1.54) is 14.0 Å². The van der Waals surface area contributed by atoms with Crippen molar-refractivity contribution in [2.75, 3.05) is 40.0 Å². The predicted molar refractivity (Wildman–Crippen MR) is 242 cm³/mol. The van der Waals surface area contributed by atoms with Crippen molar-refractivity contribution in [3.05, 3.63) is 11.8 Å². The molecular formula is C44H81N5O15Si. The van der Waals surface area contributed by atoms with Gasteiger partial charge in [-0.1, -0.05) is 20.8 Å². The lowest BCUT2D eigenvalue weighted by Crippen LogP contribution is -2.71. The Morgan fingerprint density at radius 3 is 1.92 bits per heavy atom. The summed E-state index contributed by atoms with van der Waals surface area (Å²) in [6.07, 6.45) is -8.22. The van der Waals surface area contributed by atoms with Gasteiger partial charge >= 0.3 is 18.3 Å². The highest BCUT2D eigenvalue weighted by atomic mass is 28.4. The van der Waals surface area contributed by atoms with E-state index >= 15 is 0 Å². The van der Waals surface area contributed by atoms with Crippen LogP contribution >= 0.6 is 0 Å². The van der Waals surface area contributed by atoms with Gasteiger partial charge in [0.25, 0.3) is 0 Å². The van der Waals surface area contributed by atoms with Crippen LogP contribution in [0.1, 0.15) is 103 Å². The first-order valence-electron chi connectivity index (χ1n) is 22.5. The normalized spacial score (nSPS) is 30.2. The Bertz CT molecular complexity index is 1650. The van der Waals surface area contributed by atoms with Gasteiger partial charge in [0.15, 0.2) is 14.6 Å². The SMILES string of the molecule is CN(C(=O)OC(C)(C)C)[C@@H]1[C@@H](O)[C@@H](O[C@H]2[C@H](NC(=O)CO)C[C@H](NC(=O)OC(C)(C)C)C([C@H]3OC(CNCCO[Si](C)(C)C(C)(C)C)=CC[C@H]3NC(=O)OC(C)(C)C)[C@@H]2O)OC[C@]1(C)O. The third kappa shape index (κ3) is 16.5. The summed E-state index contributed by atoms with van der Waals surface area (Å²) >= 11 is 0. The lowest BCUT2D eigenvalue weighted by molar-refractivity contribution is -0.305. The fraction of sp³-hybridized carbons (Fsp3) is 0.864. The molecule has 8 N–H and O–H groups in total. The van der Waals surface area contributed by atoms with Crippen molar-refractivity contribution < 1.29 is 72.5 Å². The van der Waals surface area contributed by atoms with Crippen LogP contribution in [0, 0.1) is 5.92 Å². The minimum absolute atomic E-state index is 0.0241. The molecule has 3 aliphatic rings. The molecule has 2 fully saturated rings. The van der Waals surface area contributed by atoms with E-state index in [4.69, 9.17) is 32.8 Å². The summed E-state index contributed by atoms with van der Waals surface area (Å²) in [6, 6.07) is -4.43. The van der Waals surface area contributed by atoms with Crippen LogP contribution in [0.15, 0.2) is 11.8 Å². The van der Waals surface area contributed by atoms with Crippen LogP contribution in [0.3, 0.4) is 0 Å². The van der Waals surface area contributed by atoms with Crippen molar-refractivity contribution in [3.63, 3.8) is 0 Å². The number of aliphatic hydroxyl groups is 4. The van der Waals surface area contributed by atoms with Crippen molar-refractivity contribution in [3.8, 4) is 0 Å². The molecule has 2 aliphatic heterocycles. The number of amides is 4. The number of nitrogens with zero attached hydrogens (tertiary/aromatic N) is 1. The highest BCUT2D eigenvalue weighted by Gasteiger charge is 2.56. The van der Waals surface area contributed by atoms with E-state index in [0.717, 1.165) is 4.90 Å². The van der Waals surface area contributed by atoms with E-state index < -0.39 is 129 Å². The highest BCUT2D eigenvalue weighted by Crippen LogP contribution is 2.39. The molecule has 0 spiro atoms. The van der Waals surface area contributed by atoms with Crippen molar-refractivity contribution in [1.82, 2.24) is 26.2 Å². The van der Waals surface area contributed by atoms with Crippen LogP contribution in [0.25, 0.3) is 0 Å². The smallest absolute Gasteiger partial charge is 0.410 e. The molecule has 0 aromatic heterocycles. The molecule has 376 valence electrons. The van der Waals surface area contributed by atoms with Gasteiger partial charge in [-0.05, 0) is 106 Å². The number of ether oxygens (including phenoxy) is 6. The molecule has 3 rings (SSSR count). The standard InChI is InChI=1S/C44H81N5O15Si/c1-40(2,3)62-37(54)47-26-18-17-25(22-45-19-20-59-65(15,16)43(10,11)12)60-33(26)30-27(48-38(55)63-41(4,5)6)21-28(46-29(51)23-50)34(31(30)52)61-36-32(53)35(44(13,57)24-58-36)49(14)39(56)64-42(7,8)9/h17,26-28,30-36,45,50,52-53,57H,18-24H2,1-16H3,(H,46,51)(H,47,54)(H,48,55)/t26-,27+,28-,30?,31+,32-,33+,34+,35-,36-,44+/m1/s1. The van der Waals surface area contributed by atoms with Crippen LogP contribution < -0.4 is 21.3 Å². The molecule has 21 heteroatoms. The number of likely N-dealkylation sites (N-methyl/N-ethyl adjacent to an activating group) is 1. The first kappa shape index (κ1) is 56.0. The molecule has 65 heavy (non-hydrogen) atoms. The number of rotatable bonds is 14. The Morgan fingerprint density at radius 1 is 0.846 bits per heavy atom. The van der Waals surface area contributed by atoms with Gasteiger partial charge in [0.1, 0.15) is 53.1 Å². The molecule has 20 nitrogen and oxygen atoms in total. The number of aliphatic hydroxyl groups excluding tert-OH is 3. The van der Waals surface area contributed by atoms with Gasteiger partial charge in [0.05, 0.1) is 37.4 Å². The predicted octanol–water partition coefficient (Wildman–Crippen LogP) is 3.00. The van der Waals surface area contributed by atoms with Crippen molar-refractivity contribution in [2.45, 2.75) is 198 Å². The minimum Gasteiger partial charge on any atom is -0.491 e. The molecule has 0 radical (unpaired) electrons. The molecule has 1 saturated heterocycles. The molecule has 1 unspecified atom stereocenters. The van der Waals surface area contributed by atoms with Crippen LogP contribution in [-0.2, 0) is 37.6 Å². The Balaban J connectivity index is 2.09. The number of hydrogen-bond donors (Lipinski definition) is 8. The lowest BCUT2D eigenvalue weighted by atomic mass is 9.72. The Kier molecular flexibility index (Phi) is 18.8. The van der Waals surface area contributed by atoms with Gasteiger partial charge in [-0.2, -0.15) is 0 Å². The lowest BCUT2D eigenvalue weighted by Gasteiger charge is -2.52. The zero-order valence-corrected chi connectivity index (χ0v) is 42.5. The van der Waals surface area contributed by atoms with Gasteiger partial charge in [-0.25, -0.2) is 14.4 Å². The van der Waals surface area contributed by atoms with E-state index in [1.807, 2.05) is 6.08 Å². The summed E-state index contributed by atoms with van der Waals surface area (Å²) in [6.45, 7) is 27.2. The zero-order valence-electron chi connectivity index (χ0n) is 41.5. The van der Waals surface area contributed by atoms with E-state index in [0.29, 0.717) is 18.9 Å². The van der Waals surface area contributed by atoms with Gasteiger partial charge in [0.2, 0.25) is 5.91 Å². The van der Waals surface area contributed by atoms with Crippen LogP contribution in [-0.4, -0.2) is 175 Å². The summed E-state index contributed by atoms with van der Waals surface area (Å²) < 4.78 is 42.1. The maximum atomic E-state index is 13.6. The highest BCUT2D eigenvalue weighted by molar-refractivity contribution is 6.74. The Morgan fingerprint density at radius 2 is 1.40 bits per heavy atom. The number of nitrogens with one attached hydrogen (secondary N) is 4. The second-order valence-electron chi connectivity index (χ2n) is 22.1. The first-order valence-corrected chi connectivity index (χ1v) is 25.4. The molecule has 2 heterocycles. The fourth-order valence-corrected chi connectivity index (χ4v) is 8.80. The van der Waals surface area contributed by atoms with Gasteiger partial charge in [-0.3, -0.25) is 4.79 Å². The summed E-state index contributed by atoms with van der Waals surface area (Å²) in [5.74, 6) is -1.51. The van der Waals surface area contributed by atoms with Crippen molar-refractivity contribution in [1.29, 1.82) is 0 Å². The molecule has 0 aromatic carbocycles. The molecule has 11 atom stereocenters. The first-order chi connectivity index (χ1) is 29.6. The second-order valence-corrected chi connectivity index (χ2v) is 26.9. The number of hydrogen-bond acceptors (Lipinski definition) is 16. The Labute approximate surface area is 386 Å². The molecule has 1 saturated carbocycles. The van der Waals surface area contributed by atoms with E-state index in [1.54, 1.807) is 62.3 Å². The van der Waals surface area contributed by atoms with Gasteiger partial charge in [0, 0.05) is 32.2 Å². The quantitative estimate of drug-likeness (QED) is 0.0707. The molecule has 0 aromatic rings. The van der Waals surface area contributed by atoms with Crippen LogP contribution in [0.2, 0.25) is 18.1 Å². The largest absolute Gasteiger partial charge is 0.491 e. The summed E-state index contributed by atoms with van der Waals surface area (Å²) in [5, 5.41) is 57.6. The number of carbonyl (C=O) groups is 4. The number of carbonyl (C=O) groups excluding carboxylic acids is 4. The third-order valence-electron chi connectivity index (χ3n) is 11.7. The van der Waals surface area contributed by atoms with Crippen LogP contribution in [0.4, 0.5) is 14.4 Å².